The number of carbonyl (C=O) groups is 1. The average Bonchev–Trinajstić information content (AvgIpc) is 3.09. The van der Waals surface area contributed by atoms with E-state index in [-0.39, 0.29) is 23.0 Å². The molecular weight excluding hydrogens is 474 g/mol. The van der Waals surface area contributed by atoms with Gasteiger partial charge in [-0.05, 0) is 76.2 Å². The summed E-state index contributed by atoms with van der Waals surface area (Å²) >= 11 is 6.18. The number of ether oxygens (including phenoxy) is 1. The van der Waals surface area contributed by atoms with Crippen molar-refractivity contribution in [3.8, 4) is 5.75 Å². The molecule has 1 aliphatic heterocycles. The Labute approximate surface area is 208 Å². The molecule has 0 bridgehead atoms. The molecule has 2 aromatic rings. The number of aryl methyl sites for hydroxylation is 1. The number of anilines is 1. The maximum absolute atomic E-state index is 13.6. The Morgan fingerprint density at radius 2 is 1.76 bits per heavy atom. The first-order valence-electron chi connectivity index (χ1n) is 11.7. The van der Waals surface area contributed by atoms with Gasteiger partial charge in [0.1, 0.15) is 12.3 Å². The van der Waals surface area contributed by atoms with E-state index in [4.69, 9.17) is 16.3 Å². The van der Waals surface area contributed by atoms with Gasteiger partial charge in [0, 0.05) is 11.6 Å². The molecule has 1 heterocycles. The molecule has 0 spiro atoms. The van der Waals surface area contributed by atoms with E-state index in [9.17, 15) is 13.2 Å². The van der Waals surface area contributed by atoms with Crippen molar-refractivity contribution in [2.24, 2.45) is 0 Å². The number of benzene rings is 2. The van der Waals surface area contributed by atoms with E-state index in [0.717, 1.165) is 35.9 Å². The van der Waals surface area contributed by atoms with E-state index in [0.29, 0.717) is 17.3 Å². The lowest BCUT2D eigenvalue weighted by atomic mass is 10.2. The van der Waals surface area contributed by atoms with Crippen LogP contribution in [0.1, 0.15) is 37.7 Å². The predicted octanol–water partition coefficient (Wildman–Crippen LogP) is 4.23. The van der Waals surface area contributed by atoms with E-state index < -0.39 is 10.0 Å². The maximum atomic E-state index is 13.6. The summed E-state index contributed by atoms with van der Waals surface area (Å²) in [6.07, 6.45) is 5.83. The van der Waals surface area contributed by atoms with Crippen molar-refractivity contribution in [1.29, 1.82) is 0 Å². The standard InChI is InChI=1S/C25H34ClN3O4S/c1-20-8-11-22(12-9-20)34(31,32)29(23-18-21(26)10-13-24(23)33-2)19-25(30)27-14-7-17-28-15-5-3-4-6-16-28/h8-13,18H,3-7,14-17,19H2,1-2H3,(H,27,30). The van der Waals surface area contributed by atoms with Gasteiger partial charge >= 0.3 is 0 Å². The Balaban J connectivity index is 1.74. The number of nitrogens with one attached hydrogen (secondary N) is 1. The molecule has 2 aromatic carbocycles. The van der Waals surface area contributed by atoms with Crippen LogP contribution in [0, 0.1) is 6.92 Å². The molecule has 0 atom stereocenters. The Morgan fingerprint density at radius 1 is 1.09 bits per heavy atom. The van der Waals surface area contributed by atoms with E-state index in [2.05, 4.69) is 10.2 Å². The van der Waals surface area contributed by atoms with Crippen LogP contribution >= 0.6 is 11.6 Å². The van der Waals surface area contributed by atoms with Gasteiger partial charge in [-0.25, -0.2) is 8.42 Å². The Morgan fingerprint density at radius 3 is 2.41 bits per heavy atom. The molecule has 1 saturated heterocycles. The van der Waals surface area contributed by atoms with Crippen LogP contribution in [-0.2, 0) is 14.8 Å². The lowest BCUT2D eigenvalue weighted by Gasteiger charge is -2.26. The number of carbonyl (C=O) groups excluding carboxylic acids is 1. The van der Waals surface area contributed by atoms with Crippen molar-refractivity contribution in [3.63, 3.8) is 0 Å². The van der Waals surface area contributed by atoms with Gasteiger partial charge in [0.05, 0.1) is 17.7 Å². The largest absolute Gasteiger partial charge is 0.495 e. The minimum atomic E-state index is -4.04. The highest BCUT2D eigenvalue weighted by atomic mass is 35.5. The van der Waals surface area contributed by atoms with Crippen molar-refractivity contribution >= 4 is 33.2 Å². The number of likely N-dealkylation sites (tertiary alicyclic amines) is 1. The molecule has 1 fully saturated rings. The summed E-state index contributed by atoms with van der Waals surface area (Å²) in [7, 11) is -2.59. The topological polar surface area (TPSA) is 79.0 Å². The van der Waals surface area contributed by atoms with Crippen LogP contribution in [0.3, 0.4) is 0 Å². The SMILES string of the molecule is COc1ccc(Cl)cc1N(CC(=O)NCCCN1CCCCCC1)S(=O)(=O)c1ccc(C)cc1. The second-order valence-electron chi connectivity index (χ2n) is 8.60. The summed E-state index contributed by atoms with van der Waals surface area (Å²) < 4.78 is 33.6. The minimum Gasteiger partial charge on any atom is -0.495 e. The molecule has 186 valence electrons. The highest BCUT2D eigenvalue weighted by Crippen LogP contribution is 2.34. The lowest BCUT2D eigenvalue weighted by molar-refractivity contribution is -0.119. The first-order chi connectivity index (χ1) is 16.3. The van der Waals surface area contributed by atoms with Gasteiger partial charge in [-0.3, -0.25) is 9.10 Å². The fourth-order valence-electron chi connectivity index (χ4n) is 4.07. The van der Waals surface area contributed by atoms with E-state index >= 15 is 0 Å². The minimum absolute atomic E-state index is 0.0918. The molecule has 1 aliphatic rings. The van der Waals surface area contributed by atoms with Crippen molar-refractivity contribution < 1.29 is 17.9 Å². The van der Waals surface area contributed by atoms with Crippen LogP contribution in [0.4, 0.5) is 5.69 Å². The number of methoxy groups -OCH3 is 1. The van der Waals surface area contributed by atoms with Crippen LogP contribution in [0.5, 0.6) is 5.75 Å². The maximum Gasteiger partial charge on any atom is 0.264 e. The summed E-state index contributed by atoms with van der Waals surface area (Å²) in [6, 6.07) is 11.2. The molecule has 34 heavy (non-hydrogen) atoms. The van der Waals surface area contributed by atoms with E-state index in [1.54, 1.807) is 24.3 Å². The van der Waals surface area contributed by atoms with Gasteiger partial charge in [-0.1, -0.05) is 42.1 Å². The van der Waals surface area contributed by atoms with E-state index in [1.165, 1.54) is 51.0 Å². The molecule has 0 aromatic heterocycles. The summed E-state index contributed by atoms with van der Waals surface area (Å²) in [6.45, 7) is 5.12. The molecule has 0 unspecified atom stereocenters. The lowest BCUT2D eigenvalue weighted by Crippen LogP contribution is -2.41. The summed E-state index contributed by atoms with van der Waals surface area (Å²) in [4.78, 5) is 15.4. The number of nitrogens with zero attached hydrogens (tertiary/aromatic N) is 2. The van der Waals surface area contributed by atoms with Gasteiger partial charge in [0.25, 0.3) is 10.0 Å². The zero-order valence-electron chi connectivity index (χ0n) is 19.9. The summed E-state index contributed by atoms with van der Waals surface area (Å²) in [5, 5.41) is 3.22. The van der Waals surface area contributed by atoms with Crippen LogP contribution in [0.15, 0.2) is 47.4 Å². The summed E-state index contributed by atoms with van der Waals surface area (Å²) in [5.74, 6) is -0.0670. The number of hydrogen-bond donors (Lipinski definition) is 1. The number of hydrogen-bond acceptors (Lipinski definition) is 5. The quantitative estimate of drug-likeness (QED) is 0.487. The van der Waals surface area contributed by atoms with Gasteiger partial charge in [0.15, 0.2) is 0 Å². The predicted molar refractivity (Wildman–Crippen MR) is 136 cm³/mol. The molecule has 0 radical (unpaired) electrons. The molecular formula is C25H34ClN3O4S. The first-order valence-corrected chi connectivity index (χ1v) is 13.5. The number of amides is 1. The number of rotatable bonds is 10. The fourth-order valence-corrected chi connectivity index (χ4v) is 5.66. The third-order valence-corrected chi connectivity index (χ3v) is 7.99. The van der Waals surface area contributed by atoms with Gasteiger partial charge in [-0.2, -0.15) is 0 Å². The number of sulfonamides is 1. The Kier molecular flexibility index (Phi) is 9.62. The highest BCUT2D eigenvalue weighted by Gasteiger charge is 2.29. The van der Waals surface area contributed by atoms with Crippen LogP contribution in [-0.4, -0.2) is 59.1 Å². The van der Waals surface area contributed by atoms with Crippen molar-refractivity contribution in [2.45, 2.75) is 43.9 Å². The normalized spacial score (nSPS) is 14.9. The molecule has 1 amide bonds. The molecule has 9 heteroatoms. The monoisotopic (exact) mass is 507 g/mol. The van der Waals surface area contributed by atoms with Crippen LogP contribution in [0.2, 0.25) is 5.02 Å². The smallest absolute Gasteiger partial charge is 0.264 e. The number of halogens is 1. The zero-order valence-corrected chi connectivity index (χ0v) is 21.5. The average molecular weight is 508 g/mol. The van der Waals surface area contributed by atoms with Crippen LogP contribution < -0.4 is 14.4 Å². The van der Waals surface area contributed by atoms with Crippen molar-refractivity contribution in [2.75, 3.05) is 44.1 Å². The zero-order chi connectivity index (χ0) is 24.6. The highest BCUT2D eigenvalue weighted by molar-refractivity contribution is 7.92. The molecule has 0 aliphatic carbocycles. The van der Waals surface area contributed by atoms with Crippen molar-refractivity contribution in [3.05, 3.63) is 53.1 Å². The molecule has 1 N–H and O–H groups in total. The van der Waals surface area contributed by atoms with Crippen LogP contribution in [0.25, 0.3) is 0 Å². The molecule has 0 saturated carbocycles. The van der Waals surface area contributed by atoms with E-state index in [1.807, 2.05) is 6.92 Å². The Bertz CT molecular complexity index is 1050. The van der Waals surface area contributed by atoms with Crippen molar-refractivity contribution in [1.82, 2.24) is 10.2 Å². The Hall–Kier alpha value is -2.29. The summed E-state index contributed by atoms with van der Waals surface area (Å²) in [5.41, 5.74) is 1.16. The third kappa shape index (κ3) is 7.10. The molecule has 7 nitrogen and oxygen atoms in total. The van der Waals surface area contributed by atoms with Gasteiger partial charge in [0.2, 0.25) is 5.91 Å². The molecule has 3 rings (SSSR count). The van der Waals surface area contributed by atoms with Gasteiger partial charge in [-0.15, -0.1) is 0 Å². The third-order valence-electron chi connectivity index (χ3n) is 5.98. The second-order valence-corrected chi connectivity index (χ2v) is 10.9. The fraction of sp³-hybridized carbons (Fsp3) is 0.480. The first kappa shape index (κ1) is 26.3. The van der Waals surface area contributed by atoms with Gasteiger partial charge < -0.3 is 15.0 Å². The second kappa shape index (κ2) is 12.4.